The number of benzene rings is 1. The van der Waals surface area contributed by atoms with Gasteiger partial charge in [-0.2, -0.15) is 5.10 Å². The van der Waals surface area contributed by atoms with E-state index in [1.807, 2.05) is 16.9 Å². The highest BCUT2D eigenvalue weighted by molar-refractivity contribution is 7.91. The maximum atomic E-state index is 12.1. The highest BCUT2D eigenvalue weighted by atomic mass is 32.2. The van der Waals surface area contributed by atoms with Gasteiger partial charge in [-0.05, 0) is 75.1 Å². The molecule has 0 aliphatic heterocycles. The van der Waals surface area contributed by atoms with Gasteiger partial charge in [0.2, 0.25) is 0 Å². The summed E-state index contributed by atoms with van der Waals surface area (Å²) in [5.41, 5.74) is 2.45. The lowest BCUT2D eigenvalue weighted by atomic mass is 9.80. The fourth-order valence-electron chi connectivity index (χ4n) is 3.82. The molecule has 0 unspecified atom stereocenters. The van der Waals surface area contributed by atoms with Crippen molar-refractivity contribution in [3.05, 3.63) is 48.3 Å². The van der Waals surface area contributed by atoms with Gasteiger partial charge in [0.15, 0.2) is 9.84 Å². The van der Waals surface area contributed by atoms with Gasteiger partial charge >= 0.3 is 0 Å². The molecule has 4 nitrogen and oxygen atoms in total. The van der Waals surface area contributed by atoms with E-state index in [0.717, 1.165) is 30.9 Å². The maximum absolute atomic E-state index is 12.1. The molecule has 26 heavy (non-hydrogen) atoms. The van der Waals surface area contributed by atoms with Crippen molar-refractivity contribution >= 4 is 9.84 Å². The van der Waals surface area contributed by atoms with Crippen molar-refractivity contribution in [3.63, 3.8) is 0 Å². The molecule has 0 spiro atoms. The van der Waals surface area contributed by atoms with E-state index in [1.165, 1.54) is 24.8 Å². The van der Waals surface area contributed by atoms with Crippen LogP contribution in [-0.4, -0.2) is 29.2 Å². The van der Waals surface area contributed by atoms with Gasteiger partial charge in [-0.25, -0.2) is 13.1 Å². The number of aryl methyl sites for hydroxylation is 1. The van der Waals surface area contributed by atoms with Crippen molar-refractivity contribution in [2.24, 2.45) is 11.8 Å². The highest BCUT2D eigenvalue weighted by Crippen LogP contribution is 2.33. The molecule has 1 aromatic carbocycles. The summed E-state index contributed by atoms with van der Waals surface area (Å²) in [7, 11) is -2.90. The fraction of sp³-hybridized carbons (Fsp3) is 0.571. The average molecular weight is 375 g/mol. The Hall–Kier alpha value is -1.62. The van der Waals surface area contributed by atoms with E-state index in [9.17, 15) is 8.42 Å². The molecule has 0 atom stereocenters. The molecule has 142 valence electrons. The minimum Gasteiger partial charge on any atom is -0.241 e. The van der Waals surface area contributed by atoms with Crippen LogP contribution in [0.3, 0.4) is 0 Å². The third-order valence-corrected chi connectivity index (χ3v) is 8.07. The Labute approximate surface area is 157 Å². The largest absolute Gasteiger partial charge is 0.241 e. The molecule has 1 aliphatic carbocycles. The number of rotatable bonds is 7. The lowest BCUT2D eigenvalue weighted by molar-refractivity contribution is 0.278. The van der Waals surface area contributed by atoms with Crippen molar-refractivity contribution in [2.75, 3.05) is 5.75 Å². The Balaban J connectivity index is 1.44. The minimum absolute atomic E-state index is 0.245. The first-order valence-electron chi connectivity index (χ1n) is 9.74. The van der Waals surface area contributed by atoms with E-state index in [-0.39, 0.29) is 5.25 Å². The van der Waals surface area contributed by atoms with E-state index in [2.05, 4.69) is 29.4 Å². The number of hydrogen-bond acceptors (Lipinski definition) is 3. The SMILES string of the molecule is CC(C)S(=O)(=O)CC1CCC(CCc2ccc(-n3cccn3)cc2)CC1. The Morgan fingerprint density at radius 1 is 1.08 bits per heavy atom. The van der Waals surface area contributed by atoms with Crippen LogP contribution < -0.4 is 0 Å². The predicted molar refractivity (Wildman–Crippen MR) is 106 cm³/mol. The van der Waals surface area contributed by atoms with E-state index in [0.29, 0.717) is 11.7 Å². The molecule has 3 rings (SSSR count). The van der Waals surface area contributed by atoms with Gasteiger partial charge in [0.05, 0.1) is 16.7 Å². The van der Waals surface area contributed by atoms with Crippen LogP contribution in [0, 0.1) is 11.8 Å². The van der Waals surface area contributed by atoms with Crippen LogP contribution in [0.15, 0.2) is 42.7 Å². The summed E-state index contributed by atoms with van der Waals surface area (Å²) in [4.78, 5) is 0. The zero-order valence-corrected chi connectivity index (χ0v) is 16.7. The van der Waals surface area contributed by atoms with Crippen molar-refractivity contribution < 1.29 is 8.42 Å². The van der Waals surface area contributed by atoms with Crippen molar-refractivity contribution in [1.82, 2.24) is 9.78 Å². The van der Waals surface area contributed by atoms with Gasteiger partial charge in [0.25, 0.3) is 0 Å². The molecule has 0 bridgehead atoms. The molecule has 1 heterocycles. The molecule has 0 amide bonds. The zero-order valence-electron chi connectivity index (χ0n) is 15.8. The standard InChI is InChI=1S/C21H30N2O2S/c1-17(2)26(24,25)16-20-8-6-18(7-9-20)4-5-19-10-12-21(13-11-19)23-15-3-14-22-23/h3,10-15,17-18,20H,4-9,16H2,1-2H3. The second kappa shape index (κ2) is 8.38. The topological polar surface area (TPSA) is 52.0 Å². The molecule has 1 fully saturated rings. The van der Waals surface area contributed by atoms with Crippen molar-refractivity contribution in [1.29, 1.82) is 0 Å². The summed E-state index contributed by atoms with van der Waals surface area (Å²) in [5, 5.41) is 4.01. The lowest BCUT2D eigenvalue weighted by Gasteiger charge is -2.28. The first-order chi connectivity index (χ1) is 12.4. The van der Waals surface area contributed by atoms with Gasteiger partial charge in [0.1, 0.15) is 0 Å². The molecule has 1 aromatic heterocycles. The third kappa shape index (κ3) is 4.97. The summed E-state index contributed by atoms with van der Waals surface area (Å²) in [6.07, 6.45) is 10.5. The molecule has 1 saturated carbocycles. The van der Waals surface area contributed by atoms with Gasteiger partial charge < -0.3 is 0 Å². The summed E-state index contributed by atoms with van der Waals surface area (Å²) in [5.74, 6) is 1.48. The molecular formula is C21H30N2O2S. The Bertz CT molecular complexity index is 772. The van der Waals surface area contributed by atoms with Crippen LogP contribution in [0.5, 0.6) is 0 Å². The normalized spacial score (nSPS) is 21.2. The second-order valence-electron chi connectivity index (χ2n) is 7.92. The van der Waals surface area contributed by atoms with Crippen LogP contribution in [-0.2, 0) is 16.3 Å². The lowest BCUT2D eigenvalue weighted by Crippen LogP contribution is -2.26. The quantitative estimate of drug-likeness (QED) is 0.720. The van der Waals surface area contributed by atoms with E-state index in [4.69, 9.17) is 0 Å². The number of hydrogen-bond donors (Lipinski definition) is 0. The first kappa shape index (κ1) is 19.2. The second-order valence-corrected chi connectivity index (χ2v) is 10.5. The maximum Gasteiger partial charge on any atom is 0.152 e. The van der Waals surface area contributed by atoms with Crippen LogP contribution in [0.2, 0.25) is 0 Å². The monoisotopic (exact) mass is 374 g/mol. The van der Waals surface area contributed by atoms with Crippen molar-refractivity contribution in [2.45, 2.75) is 57.6 Å². The summed E-state index contributed by atoms with van der Waals surface area (Å²) < 4.78 is 26.1. The molecule has 0 radical (unpaired) electrons. The van der Waals surface area contributed by atoms with Crippen LogP contribution in [0.25, 0.3) is 5.69 Å². The Kier molecular flexibility index (Phi) is 6.17. The van der Waals surface area contributed by atoms with Gasteiger partial charge in [-0.1, -0.05) is 25.0 Å². The molecule has 0 saturated heterocycles. The number of aromatic nitrogens is 2. The van der Waals surface area contributed by atoms with Gasteiger partial charge in [-0.3, -0.25) is 0 Å². The van der Waals surface area contributed by atoms with E-state index < -0.39 is 9.84 Å². The van der Waals surface area contributed by atoms with Crippen molar-refractivity contribution in [3.8, 4) is 5.69 Å². The summed E-state index contributed by atoms with van der Waals surface area (Å²) in [6.45, 7) is 3.58. The van der Waals surface area contributed by atoms with Gasteiger partial charge in [-0.15, -0.1) is 0 Å². The number of nitrogens with zero attached hydrogens (tertiary/aromatic N) is 2. The van der Waals surface area contributed by atoms with E-state index in [1.54, 1.807) is 20.0 Å². The first-order valence-corrected chi connectivity index (χ1v) is 11.5. The van der Waals surface area contributed by atoms with Gasteiger partial charge in [0, 0.05) is 12.4 Å². The number of sulfone groups is 1. The molecule has 5 heteroatoms. The summed E-state index contributed by atoms with van der Waals surface area (Å²) in [6, 6.07) is 10.6. The van der Waals surface area contributed by atoms with Crippen LogP contribution >= 0.6 is 0 Å². The highest BCUT2D eigenvalue weighted by Gasteiger charge is 2.27. The van der Waals surface area contributed by atoms with Crippen LogP contribution in [0.1, 0.15) is 51.5 Å². The summed E-state index contributed by atoms with van der Waals surface area (Å²) >= 11 is 0. The Morgan fingerprint density at radius 2 is 1.73 bits per heavy atom. The smallest absolute Gasteiger partial charge is 0.152 e. The molecule has 0 N–H and O–H groups in total. The molecule has 2 aromatic rings. The predicted octanol–water partition coefficient (Wildman–Crippen LogP) is 4.43. The molecule has 1 aliphatic rings. The minimum atomic E-state index is -2.90. The average Bonchev–Trinajstić information content (AvgIpc) is 3.16. The van der Waals surface area contributed by atoms with Crippen LogP contribution in [0.4, 0.5) is 0 Å². The Morgan fingerprint density at radius 3 is 2.31 bits per heavy atom. The van der Waals surface area contributed by atoms with E-state index >= 15 is 0 Å². The molecular weight excluding hydrogens is 344 g/mol. The zero-order chi connectivity index (χ0) is 18.6. The fourth-order valence-corrected chi connectivity index (χ4v) is 5.19. The third-order valence-electron chi connectivity index (χ3n) is 5.70.